The number of ether oxygens (including phenoxy) is 1. The van der Waals surface area contributed by atoms with Gasteiger partial charge in [0.15, 0.2) is 0 Å². The molecular formula is C12H20N2O4. The third-order valence-electron chi connectivity index (χ3n) is 3.53. The molecule has 0 radical (unpaired) electrons. The summed E-state index contributed by atoms with van der Waals surface area (Å²) >= 11 is 0. The molecule has 2 saturated heterocycles. The number of nitrogens with zero attached hydrogens (tertiary/aromatic N) is 2. The number of rotatable bonds is 3. The Hall–Kier alpha value is -1.14. The molecule has 2 amide bonds. The maximum Gasteiger partial charge on any atom is 0.242 e. The number of likely N-dealkylation sites (tertiary alicyclic amines) is 1. The zero-order valence-electron chi connectivity index (χ0n) is 10.7. The fourth-order valence-electron chi connectivity index (χ4n) is 2.40. The van der Waals surface area contributed by atoms with E-state index >= 15 is 0 Å². The Labute approximate surface area is 106 Å². The molecule has 6 nitrogen and oxygen atoms in total. The first-order valence-electron chi connectivity index (χ1n) is 6.41. The fraction of sp³-hybridized carbons (Fsp3) is 0.833. The molecule has 2 aliphatic heterocycles. The number of amides is 2. The van der Waals surface area contributed by atoms with Crippen molar-refractivity contribution in [2.45, 2.75) is 31.9 Å². The average molecular weight is 256 g/mol. The van der Waals surface area contributed by atoms with E-state index in [1.54, 1.807) is 9.80 Å². The maximum atomic E-state index is 12.2. The van der Waals surface area contributed by atoms with Crippen LogP contribution in [0.15, 0.2) is 0 Å². The van der Waals surface area contributed by atoms with Crippen molar-refractivity contribution >= 4 is 11.8 Å². The van der Waals surface area contributed by atoms with Crippen LogP contribution in [0.4, 0.5) is 0 Å². The topological polar surface area (TPSA) is 70.1 Å². The van der Waals surface area contributed by atoms with Crippen molar-refractivity contribution in [1.82, 2.24) is 9.80 Å². The van der Waals surface area contributed by atoms with Gasteiger partial charge in [0.2, 0.25) is 11.8 Å². The van der Waals surface area contributed by atoms with Crippen LogP contribution in [-0.2, 0) is 14.3 Å². The summed E-state index contributed by atoms with van der Waals surface area (Å²) in [5.41, 5.74) is 0. The van der Waals surface area contributed by atoms with Crippen molar-refractivity contribution in [3.05, 3.63) is 0 Å². The Balaban J connectivity index is 1.92. The highest BCUT2D eigenvalue weighted by Gasteiger charge is 2.31. The van der Waals surface area contributed by atoms with Gasteiger partial charge >= 0.3 is 0 Å². The molecule has 0 bridgehead atoms. The highest BCUT2D eigenvalue weighted by atomic mass is 16.5. The molecule has 0 spiro atoms. The zero-order chi connectivity index (χ0) is 13.1. The molecule has 2 rings (SSSR count). The predicted molar refractivity (Wildman–Crippen MR) is 63.8 cm³/mol. The van der Waals surface area contributed by atoms with Crippen molar-refractivity contribution in [3.63, 3.8) is 0 Å². The smallest absolute Gasteiger partial charge is 0.242 e. The minimum Gasteiger partial charge on any atom is -0.394 e. The summed E-state index contributed by atoms with van der Waals surface area (Å²) in [5, 5.41) is 9.08. The Kier molecular flexibility index (Phi) is 4.19. The molecule has 0 aromatic carbocycles. The fourth-order valence-corrected chi connectivity index (χ4v) is 2.40. The van der Waals surface area contributed by atoms with Gasteiger partial charge in [0.25, 0.3) is 0 Å². The van der Waals surface area contributed by atoms with E-state index in [1.165, 1.54) is 0 Å². The highest BCUT2D eigenvalue weighted by molar-refractivity contribution is 5.86. The summed E-state index contributed by atoms with van der Waals surface area (Å²) in [7, 11) is 0. The molecule has 2 unspecified atom stereocenters. The predicted octanol–water partition coefficient (Wildman–Crippen LogP) is -0.783. The summed E-state index contributed by atoms with van der Waals surface area (Å²) in [5.74, 6) is 0.00229. The van der Waals surface area contributed by atoms with Gasteiger partial charge in [-0.15, -0.1) is 0 Å². The molecule has 0 aliphatic carbocycles. The van der Waals surface area contributed by atoms with Crippen molar-refractivity contribution in [3.8, 4) is 0 Å². The molecule has 0 aromatic heterocycles. The van der Waals surface area contributed by atoms with E-state index in [0.717, 1.165) is 6.42 Å². The van der Waals surface area contributed by atoms with Crippen LogP contribution < -0.4 is 0 Å². The van der Waals surface area contributed by atoms with E-state index in [1.807, 2.05) is 6.92 Å². The molecular weight excluding hydrogens is 236 g/mol. The van der Waals surface area contributed by atoms with Gasteiger partial charge in [-0.3, -0.25) is 9.59 Å². The number of hydrogen-bond acceptors (Lipinski definition) is 4. The largest absolute Gasteiger partial charge is 0.394 e. The highest BCUT2D eigenvalue weighted by Crippen LogP contribution is 2.14. The van der Waals surface area contributed by atoms with Gasteiger partial charge in [0, 0.05) is 19.5 Å². The molecule has 2 heterocycles. The van der Waals surface area contributed by atoms with Gasteiger partial charge in [0.1, 0.15) is 0 Å². The Morgan fingerprint density at radius 3 is 2.94 bits per heavy atom. The van der Waals surface area contributed by atoms with E-state index < -0.39 is 0 Å². The second-order valence-corrected chi connectivity index (χ2v) is 4.95. The lowest BCUT2D eigenvalue weighted by atomic mass is 10.2. The van der Waals surface area contributed by atoms with Crippen LogP contribution in [0.2, 0.25) is 0 Å². The summed E-state index contributed by atoms with van der Waals surface area (Å²) < 4.78 is 5.39. The summed E-state index contributed by atoms with van der Waals surface area (Å²) in [6, 6.07) is -0.00185. The van der Waals surface area contributed by atoms with Crippen LogP contribution in [0.1, 0.15) is 19.8 Å². The minimum absolute atomic E-state index is 0.00185. The quantitative estimate of drug-likeness (QED) is 0.719. The molecule has 1 N–H and O–H groups in total. The van der Waals surface area contributed by atoms with Crippen LogP contribution in [0.5, 0.6) is 0 Å². The van der Waals surface area contributed by atoms with E-state index in [-0.39, 0.29) is 37.1 Å². The van der Waals surface area contributed by atoms with Crippen molar-refractivity contribution in [1.29, 1.82) is 0 Å². The van der Waals surface area contributed by atoms with E-state index in [4.69, 9.17) is 9.84 Å². The number of hydrogen-bond donors (Lipinski definition) is 1. The number of carbonyl (C=O) groups is 2. The lowest BCUT2D eigenvalue weighted by Crippen LogP contribution is -2.54. The minimum atomic E-state index is -0.306. The molecule has 2 fully saturated rings. The molecule has 102 valence electrons. The third kappa shape index (κ3) is 2.81. The molecule has 6 heteroatoms. The van der Waals surface area contributed by atoms with Crippen LogP contribution in [0, 0.1) is 0 Å². The Morgan fingerprint density at radius 2 is 2.33 bits per heavy atom. The molecule has 2 aliphatic rings. The maximum absolute atomic E-state index is 12.2. The van der Waals surface area contributed by atoms with Crippen molar-refractivity contribution in [2.75, 3.05) is 32.8 Å². The molecule has 0 aromatic rings. The van der Waals surface area contributed by atoms with Gasteiger partial charge in [-0.1, -0.05) is 0 Å². The zero-order valence-corrected chi connectivity index (χ0v) is 10.7. The first-order chi connectivity index (χ1) is 8.61. The van der Waals surface area contributed by atoms with E-state index in [0.29, 0.717) is 26.1 Å². The summed E-state index contributed by atoms with van der Waals surface area (Å²) in [6.07, 6.45) is 1.08. The number of carbonyl (C=O) groups excluding carboxylic acids is 2. The lowest BCUT2D eigenvalue weighted by Gasteiger charge is -2.38. The summed E-state index contributed by atoms with van der Waals surface area (Å²) in [6.45, 7) is 3.49. The Bertz CT molecular complexity index is 334. The van der Waals surface area contributed by atoms with Crippen LogP contribution in [-0.4, -0.2) is 71.7 Å². The monoisotopic (exact) mass is 256 g/mol. The number of aliphatic hydroxyl groups excluding tert-OH is 1. The Morgan fingerprint density at radius 1 is 1.56 bits per heavy atom. The van der Waals surface area contributed by atoms with Crippen LogP contribution in [0.3, 0.4) is 0 Å². The van der Waals surface area contributed by atoms with Gasteiger partial charge in [-0.2, -0.15) is 0 Å². The van der Waals surface area contributed by atoms with Gasteiger partial charge in [-0.25, -0.2) is 0 Å². The second-order valence-electron chi connectivity index (χ2n) is 4.95. The van der Waals surface area contributed by atoms with Gasteiger partial charge in [-0.05, 0) is 13.3 Å². The molecule has 2 atom stereocenters. The first kappa shape index (κ1) is 13.3. The van der Waals surface area contributed by atoms with Gasteiger partial charge in [0.05, 0.1) is 31.9 Å². The number of morpholine rings is 1. The molecule has 18 heavy (non-hydrogen) atoms. The lowest BCUT2D eigenvalue weighted by molar-refractivity contribution is -0.149. The normalized spacial score (nSPS) is 28.9. The average Bonchev–Trinajstić information content (AvgIpc) is 2.75. The van der Waals surface area contributed by atoms with E-state index in [9.17, 15) is 9.59 Å². The van der Waals surface area contributed by atoms with Crippen LogP contribution in [0.25, 0.3) is 0 Å². The SMILES string of the molecule is CC1COC(CO)CN1C(=O)CN1CCCC1=O. The summed E-state index contributed by atoms with van der Waals surface area (Å²) in [4.78, 5) is 27.0. The standard InChI is InChI=1S/C12H20N2O4/c1-9-8-18-10(7-15)5-14(9)12(17)6-13-4-2-3-11(13)16/h9-10,15H,2-8H2,1H3. The van der Waals surface area contributed by atoms with Crippen molar-refractivity contribution in [2.24, 2.45) is 0 Å². The van der Waals surface area contributed by atoms with E-state index in [2.05, 4.69) is 0 Å². The van der Waals surface area contributed by atoms with Crippen molar-refractivity contribution < 1.29 is 19.4 Å². The second kappa shape index (κ2) is 5.67. The first-order valence-corrected chi connectivity index (χ1v) is 6.41. The number of aliphatic hydroxyl groups is 1. The van der Waals surface area contributed by atoms with Crippen LogP contribution >= 0.6 is 0 Å². The molecule has 0 saturated carbocycles. The third-order valence-corrected chi connectivity index (χ3v) is 3.53. The van der Waals surface area contributed by atoms with Gasteiger partial charge < -0.3 is 19.6 Å².